The first-order valence-electron chi connectivity index (χ1n) is 16.3. The Balaban J connectivity index is 1.10. The second-order valence-electron chi connectivity index (χ2n) is 13.0. The van der Waals surface area contributed by atoms with Crippen LogP contribution in [0.4, 0.5) is 28.9 Å². The van der Waals surface area contributed by atoms with Gasteiger partial charge < -0.3 is 19.8 Å². The number of thioether (sulfide) groups is 1. The summed E-state index contributed by atoms with van der Waals surface area (Å²) < 4.78 is 65.7. The van der Waals surface area contributed by atoms with Gasteiger partial charge in [-0.05, 0) is 91.3 Å². The van der Waals surface area contributed by atoms with E-state index in [9.17, 15) is 36.7 Å². The SMILES string of the molecule is CCOc1cc([C@@H]2c3sc(=O)[nH]c3S[C@@H]3[C@@H]4C[C@@H]([C@@H]5C(=O)N(c6cccc(C(F)(F)F)c6)C(=O)[C@@H]45)[C@H]23)ccc1OCC(=O)Nc1ccc(F)cc1. The standard InChI is InChI=1S/C36H29F4N3O6S2/c1-2-48-24-12-16(6-11-23(24)49-15-25(44)41-19-9-7-18(37)8-10-19)26-27-21-14-22(30(27)50-32-31(26)51-35(47)42-32)29-28(21)33(45)43(34(29)46)20-5-3-4-17(13-20)36(38,39)40/h3-13,21-22,26-30H,2,14-15H2,1H3,(H,41,44)(H,42,47)/t21-,22-,26+,27-,28+,29+,30-/m1/s1. The van der Waals surface area contributed by atoms with Gasteiger partial charge in [0, 0.05) is 21.7 Å². The van der Waals surface area contributed by atoms with Gasteiger partial charge in [0.15, 0.2) is 18.1 Å². The van der Waals surface area contributed by atoms with E-state index in [4.69, 9.17) is 9.47 Å². The molecule has 15 heteroatoms. The van der Waals surface area contributed by atoms with Crippen LogP contribution in [0.3, 0.4) is 0 Å². The maximum atomic E-state index is 14.0. The number of amides is 3. The summed E-state index contributed by atoms with van der Waals surface area (Å²) in [5, 5.41) is 3.20. The van der Waals surface area contributed by atoms with Gasteiger partial charge in [0.05, 0.1) is 34.7 Å². The van der Waals surface area contributed by atoms with Crippen molar-refractivity contribution in [2.24, 2.45) is 29.6 Å². The Labute approximate surface area is 296 Å². The third-order valence-corrected chi connectivity index (χ3v) is 12.9. The molecule has 3 amide bonds. The lowest BCUT2D eigenvalue weighted by Crippen LogP contribution is -2.42. The summed E-state index contributed by atoms with van der Waals surface area (Å²) in [6.07, 6.45) is -4.04. The fourth-order valence-electron chi connectivity index (χ4n) is 8.45. The van der Waals surface area contributed by atoms with Crippen molar-refractivity contribution >= 4 is 52.2 Å². The van der Waals surface area contributed by atoms with Crippen molar-refractivity contribution in [2.45, 2.75) is 35.7 Å². The van der Waals surface area contributed by atoms with Gasteiger partial charge in [-0.1, -0.05) is 23.5 Å². The first kappa shape index (κ1) is 33.5. The number of aromatic nitrogens is 1. The number of halogens is 4. The number of hydrogen-bond acceptors (Lipinski definition) is 8. The fourth-order valence-corrected chi connectivity index (χ4v) is 11.3. The lowest BCUT2D eigenvalue weighted by Gasteiger charge is -2.43. The van der Waals surface area contributed by atoms with E-state index in [0.29, 0.717) is 28.6 Å². The minimum absolute atomic E-state index is 0.0902. The van der Waals surface area contributed by atoms with Crippen LogP contribution in [0.5, 0.6) is 11.5 Å². The highest BCUT2D eigenvalue weighted by molar-refractivity contribution is 8.00. The molecule has 7 atom stereocenters. The number of nitrogens with zero attached hydrogens (tertiary/aromatic N) is 1. The maximum Gasteiger partial charge on any atom is 0.416 e. The van der Waals surface area contributed by atoms with Crippen LogP contribution >= 0.6 is 23.1 Å². The summed E-state index contributed by atoms with van der Waals surface area (Å²) in [7, 11) is 0. The zero-order chi connectivity index (χ0) is 35.8. The van der Waals surface area contributed by atoms with Gasteiger partial charge >= 0.3 is 11.0 Å². The van der Waals surface area contributed by atoms with Gasteiger partial charge in [-0.3, -0.25) is 24.1 Å². The minimum Gasteiger partial charge on any atom is -0.490 e. The number of carbonyl (C=O) groups excluding carboxylic acids is 3. The normalized spacial score (nSPS) is 26.1. The van der Waals surface area contributed by atoms with E-state index < -0.39 is 47.1 Å². The lowest BCUT2D eigenvalue weighted by molar-refractivity contribution is -0.137. The van der Waals surface area contributed by atoms with E-state index in [-0.39, 0.29) is 52.7 Å². The summed E-state index contributed by atoms with van der Waals surface area (Å²) in [5.74, 6) is -3.59. The predicted octanol–water partition coefficient (Wildman–Crippen LogP) is 6.69. The average Bonchev–Trinajstić information content (AvgIpc) is 3.83. The van der Waals surface area contributed by atoms with Crippen molar-refractivity contribution in [3.05, 3.63) is 98.2 Å². The molecule has 8 rings (SSSR count). The summed E-state index contributed by atoms with van der Waals surface area (Å²) in [4.78, 5) is 57.7. The number of benzene rings is 3. The largest absolute Gasteiger partial charge is 0.490 e. The smallest absolute Gasteiger partial charge is 0.416 e. The number of nitrogens with one attached hydrogen (secondary N) is 2. The summed E-state index contributed by atoms with van der Waals surface area (Å²) >= 11 is 2.59. The highest BCUT2D eigenvalue weighted by atomic mass is 32.2. The van der Waals surface area contributed by atoms with Crippen LogP contribution in [0.25, 0.3) is 0 Å². The third-order valence-electron chi connectivity index (χ3n) is 10.3. The molecular weight excluding hydrogens is 711 g/mol. The molecule has 1 aromatic heterocycles. The summed E-state index contributed by atoms with van der Waals surface area (Å²) in [6.45, 7) is 1.74. The molecule has 51 heavy (non-hydrogen) atoms. The highest BCUT2D eigenvalue weighted by Gasteiger charge is 2.69. The van der Waals surface area contributed by atoms with Crippen LogP contribution in [-0.2, 0) is 20.6 Å². The van der Waals surface area contributed by atoms with Crippen LogP contribution in [0, 0.1) is 35.4 Å². The van der Waals surface area contributed by atoms with E-state index >= 15 is 0 Å². The maximum absolute atomic E-state index is 14.0. The zero-order valence-corrected chi connectivity index (χ0v) is 28.4. The number of anilines is 2. The van der Waals surface area contributed by atoms with Crippen LogP contribution < -0.4 is 24.6 Å². The lowest BCUT2D eigenvalue weighted by atomic mass is 9.68. The number of H-pyrrole nitrogens is 1. The molecule has 2 aliphatic carbocycles. The number of thiazole rings is 1. The number of hydrogen-bond donors (Lipinski definition) is 2. The van der Waals surface area contributed by atoms with Crippen LogP contribution in [0.2, 0.25) is 0 Å². The van der Waals surface area contributed by atoms with Gasteiger partial charge in [0.2, 0.25) is 11.8 Å². The molecule has 4 aromatic rings. The number of fused-ring (bicyclic) bond motifs is 9. The molecule has 3 heterocycles. The number of rotatable bonds is 8. The second-order valence-corrected chi connectivity index (χ2v) is 15.2. The first-order chi connectivity index (χ1) is 24.4. The molecule has 0 spiro atoms. The highest BCUT2D eigenvalue weighted by Crippen LogP contribution is 2.69. The zero-order valence-electron chi connectivity index (χ0n) is 26.7. The monoisotopic (exact) mass is 739 g/mol. The molecule has 2 saturated carbocycles. The van der Waals surface area contributed by atoms with Crippen LogP contribution in [0.15, 0.2) is 76.6 Å². The third kappa shape index (κ3) is 5.70. The Hall–Kier alpha value is -4.63. The van der Waals surface area contributed by atoms with Gasteiger partial charge in [0.1, 0.15) is 5.82 Å². The van der Waals surface area contributed by atoms with Gasteiger partial charge in [-0.25, -0.2) is 4.39 Å². The topological polar surface area (TPSA) is 118 Å². The van der Waals surface area contributed by atoms with Crippen molar-refractivity contribution in [3.8, 4) is 11.5 Å². The molecule has 2 bridgehead atoms. The van der Waals surface area contributed by atoms with Gasteiger partial charge in [-0.15, -0.1) is 11.8 Å². The van der Waals surface area contributed by atoms with E-state index in [0.717, 1.165) is 38.8 Å². The summed E-state index contributed by atoms with van der Waals surface area (Å²) in [5.41, 5.74) is 0.172. The van der Waals surface area contributed by atoms with Crippen molar-refractivity contribution in [1.82, 2.24) is 4.98 Å². The molecule has 2 N–H and O–H groups in total. The van der Waals surface area contributed by atoms with E-state index in [1.165, 1.54) is 48.2 Å². The number of alkyl halides is 3. The molecule has 2 aliphatic heterocycles. The molecule has 0 unspecified atom stereocenters. The van der Waals surface area contributed by atoms with E-state index in [1.807, 2.05) is 12.1 Å². The molecule has 9 nitrogen and oxygen atoms in total. The molecular formula is C36H29F4N3O6S2. The molecule has 4 aliphatic rings. The Morgan fingerprint density at radius 3 is 2.43 bits per heavy atom. The average molecular weight is 740 g/mol. The number of carbonyl (C=O) groups is 3. The van der Waals surface area contributed by atoms with Crippen molar-refractivity contribution in [1.29, 1.82) is 0 Å². The Morgan fingerprint density at radius 2 is 1.71 bits per heavy atom. The van der Waals surface area contributed by atoms with E-state index in [1.54, 1.807) is 13.0 Å². The van der Waals surface area contributed by atoms with Gasteiger partial charge in [0.25, 0.3) is 5.91 Å². The first-order valence-corrected chi connectivity index (χ1v) is 18.0. The number of ether oxygens (including phenoxy) is 2. The number of imide groups is 1. The minimum atomic E-state index is -4.64. The Kier molecular flexibility index (Phi) is 8.24. The molecule has 3 aromatic carbocycles. The number of aromatic amines is 1. The van der Waals surface area contributed by atoms with Crippen molar-refractivity contribution in [2.75, 3.05) is 23.4 Å². The summed E-state index contributed by atoms with van der Waals surface area (Å²) in [6, 6.07) is 15.0. The molecule has 264 valence electrons. The van der Waals surface area contributed by atoms with Crippen molar-refractivity contribution in [3.63, 3.8) is 0 Å². The quantitative estimate of drug-likeness (QED) is 0.153. The van der Waals surface area contributed by atoms with E-state index in [2.05, 4.69) is 10.3 Å². The molecule has 0 radical (unpaired) electrons. The predicted molar refractivity (Wildman–Crippen MR) is 181 cm³/mol. The molecule has 1 saturated heterocycles. The second kappa shape index (κ2) is 12.5. The Morgan fingerprint density at radius 1 is 0.961 bits per heavy atom. The van der Waals surface area contributed by atoms with Crippen LogP contribution in [0.1, 0.15) is 35.3 Å². The Bertz CT molecular complexity index is 2120. The molecule has 3 fully saturated rings. The van der Waals surface area contributed by atoms with Crippen LogP contribution in [-0.4, -0.2) is 41.2 Å². The fraction of sp³-hybridized carbons (Fsp3) is 0.333. The van der Waals surface area contributed by atoms with Crippen molar-refractivity contribution < 1.29 is 41.4 Å². The van der Waals surface area contributed by atoms with Gasteiger partial charge in [-0.2, -0.15) is 13.2 Å².